The van der Waals surface area contributed by atoms with E-state index in [2.05, 4.69) is 10.6 Å². The minimum Gasteiger partial charge on any atom is -0.495 e. The lowest BCUT2D eigenvalue weighted by atomic mass is 10.1. The van der Waals surface area contributed by atoms with Crippen molar-refractivity contribution in [2.45, 2.75) is 6.92 Å². The Balaban J connectivity index is 1.72. The van der Waals surface area contributed by atoms with E-state index in [1.54, 1.807) is 56.7 Å². The number of rotatable bonds is 6. The fourth-order valence-electron chi connectivity index (χ4n) is 2.83. The van der Waals surface area contributed by atoms with Crippen LogP contribution in [0.3, 0.4) is 0 Å². The topological polar surface area (TPSA) is 76.7 Å². The van der Waals surface area contributed by atoms with Crippen LogP contribution < -0.4 is 20.1 Å². The molecule has 3 aromatic rings. The Hall–Kier alpha value is -3.80. The SMILES string of the molecule is COc1ccccc1NC(=O)c1ccc(C(=O)Nc2cc(C)ccc2OC)cc1. The third kappa shape index (κ3) is 4.73. The minimum absolute atomic E-state index is 0.286. The first-order chi connectivity index (χ1) is 14.0. The standard InChI is InChI=1S/C23H22N2O4/c1-15-8-13-21(29-3)19(14-15)25-23(27)17-11-9-16(10-12-17)22(26)24-18-6-4-5-7-20(18)28-2/h4-14H,1-3H3,(H,24,26)(H,25,27). The monoisotopic (exact) mass is 390 g/mol. The summed E-state index contributed by atoms with van der Waals surface area (Å²) in [6, 6.07) is 19.1. The molecule has 0 saturated carbocycles. The van der Waals surface area contributed by atoms with Crippen molar-refractivity contribution < 1.29 is 19.1 Å². The van der Waals surface area contributed by atoms with Gasteiger partial charge < -0.3 is 20.1 Å². The van der Waals surface area contributed by atoms with Gasteiger partial charge in [-0.25, -0.2) is 0 Å². The van der Waals surface area contributed by atoms with Crippen molar-refractivity contribution in [3.05, 3.63) is 83.4 Å². The summed E-state index contributed by atoms with van der Waals surface area (Å²) in [5.41, 5.74) is 3.04. The number of para-hydroxylation sites is 2. The maximum absolute atomic E-state index is 12.6. The third-order valence-corrected chi connectivity index (χ3v) is 4.37. The molecule has 6 heteroatoms. The van der Waals surface area contributed by atoms with Gasteiger partial charge in [0.15, 0.2) is 0 Å². The summed E-state index contributed by atoms with van der Waals surface area (Å²) in [6.07, 6.45) is 0. The maximum atomic E-state index is 12.6. The molecule has 3 aromatic carbocycles. The number of amides is 2. The van der Waals surface area contributed by atoms with Gasteiger partial charge in [-0.15, -0.1) is 0 Å². The largest absolute Gasteiger partial charge is 0.495 e. The number of benzene rings is 3. The normalized spacial score (nSPS) is 10.2. The molecule has 2 amide bonds. The summed E-state index contributed by atoms with van der Waals surface area (Å²) >= 11 is 0. The molecule has 0 saturated heterocycles. The number of carbonyl (C=O) groups is 2. The van der Waals surface area contributed by atoms with E-state index in [0.29, 0.717) is 34.0 Å². The lowest BCUT2D eigenvalue weighted by Gasteiger charge is -2.12. The first-order valence-corrected chi connectivity index (χ1v) is 9.02. The summed E-state index contributed by atoms with van der Waals surface area (Å²) in [5, 5.41) is 5.65. The smallest absolute Gasteiger partial charge is 0.255 e. The van der Waals surface area contributed by atoms with Gasteiger partial charge in [0.1, 0.15) is 11.5 Å². The van der Waals surface area contributed by atoms with Gasteiger partial charge in [0.05, 0.1) is 25.6 Å². The molecule has 29 heavy (non-hydrogen) atoms. The number of aryl methyl sites for hydroxylation is 1. The van der Waals surface area contributed by atoms with Crippen molar-refractivity contribution >= 4 is 23.2 Å². The molecule has 0 fully saturated rings. The van der Waals surface area contributed by atoms with Crippen molar-refractivity contribution in [1.29, 1.82) is 0 Å². The highest BCUT2D eigenvalue weighted by atomic mass is 16.5. The van der Waals surface area contributed by atoms with Crippen LogP contribution in [0, 0.1) is 6.92 Å². The van der Waals surface area contributed by atoms with Crippen molar-refractivity contribution in [3.63, 3.8) is 0 Å². The van der Waals surface area contributed by atoms with Gasteiger partial charge in [-0.3, -0.25) is 9.59 Å². The van der Waals surface area contributed by atoms with Gasteiger partial charge in [0, 0.05) is 11.1 Å². The van der Waals surface area contributed by atoms with Crippen LogP contribution in [0.2, 0.25) is 0 Å². The number of methoxy groups -OCH3 is 2. The highest BCUT2D eigenvalue weighted by molar-refractivity contribution is 6.08. The number of nitrogens with one attached hydrogen (secondary N) is 2. The Kier molecular flexibility index (Phi) is 6.14. The molecular weight excluding hydrogens is 368 g/mol. The van der Waals surface area contributed by atoms with Crippen molar-refractivity contribution in [2.75, 3.05) is 24.9 Å². The number of hydrogen-bond acceptors (Lipinski definition) is 4. The second-order valence-corrected chi connectivity index (χ2v) is 6.39. The van der Waals surface area contributed by atoms with Crippen molar-refractivity contribution in [1.82, 2.24) is 0 Å². The first kappa shape index (κ1) is 19.9. The van der Waals surface area contributed by atoms with Crippen LogP contribution >= 0.6 is 0 Å². The zero-order chi connectivity index (χ0) is 20.8. The second-order valence-electron chi connectivity index (χ2n) is 6.39. The zero-order valence-corrected chi connectivity index (χ0v) is 16.5. The van der Waals surface area contributed by atoms with Gasteiger partial charge in [-0.1, -0.05) is 18.2 Å². The Morgan fingerprint density at radius 2 is 1.21 bits per heavy atom. The van der Waals surface area contributed by atoms with Crippen molar-refractivity contribution in [3.8, 4) is 11.5 Å². The molecule has 0 spiro atoms. The molecule has 0 aliphatic heterocycles. The molecule has 0 aliphatic rings. The van der Waals surface area contributed by atoms with E-state index in [0.717, 1.165) is 5.56 Å². The summed E-state index contributed by atoms with van der Waals surface area (Å²) in [7, 11) is 3.09. The van der Waals surface area contributed by atoms with Crippen LogP contribution in [-0.2, 0) is 0 Å². The molecule has 3 rings (SSSR count). The molecule has 0 aromatic heterocycles. The Labute approximate surface area is 169 Å². The molecule has 0 bridgehead atoms. The Bertz CT molecular complexity index is 1030. The average molecular weight is 390 g/mol. The van der Waals surface area contributed by atoms with Gasteiger partial charge >= 0.3 is 0 Å². The highest BCUT2D eigenvalue weighted by Gasteiger charge is 2.13. The predicted molar refractivity (Wildman–Crippen MR) is 113 cm³/mol. The van der Waals surface area contributed by atoms with Crippen LogP contribution in [0.5, 0.6) is 11.5 Å². The number of ether oxygens (including phenoxy) is 2. The lowest BCUT2D eigenvalue weighted by Crippen LogP contribution is -2.15. The molecule has 0 atom stereocenters. The van der Waals surface area contributed by atoms with Crippen molar-refractivity contribution in [2.24, 2.45) is 0 Å². The van der Waals surface area contributed by atoms with Gasteiger partial charge in [0.25, 0.3) is 11.8 Å². The van der Waals surface area contributed by atoms with E-state index < -0.39 is 0 Å². The quantitative estimate of drug-likeness (QED) is 0.649. The molecule has 0 radical (unpaired) electrons. The van der Waals surface area contributed by atoms with Gasteiger partial charge in [0.2, 0.25) is 0 Å². The molecule has 0 unspecified atom stereocenters. The van der Waals surface area contributed by atoms with E-state index in [1.165, 1.54) is 0 Å². The summed E-state index contributed by atoms with van der Waals surface area (Å²) in [4.78, 5) is 25.1. The van der Waals surface area contributed by atoms with Gasteiger partial charge in [-0.05, 0) is 61.0 Å². The molecule has 0 aliphatic carbocycles. The number of anilines is 2. The zero-order valence-electron chi connectivity index (χ0n) is 16.5. The van der Waals surface area contributed by atoms with Crippen LogP contribution in [0.1, 0.15) is 26.3 Å². The Morgan fingerprint density at radius 3 is 1.79 bits per heavy atom. The van der Waals surface area contributed by atoms with E-state index in [9.17, 15) is 9.59 Å². The van der Waals surface area contributed by atoms with Crippen LogP contribution in [-0.4, -0.2) is 26.0 Å². The maximum Gasteiger partial charge on any atom is 0.255 e. The molecular formula is C23H22N2O4. The second kappa shape index (κ2) is 8.93. The summed E-state index contributed by atoms with van der Waals surface area (Å²) in [5.74, 6) is 0.577. The van der Waals surface area contributed by atoms with Crippen LogP contribution in [0.25, 0.3) is 0 Å². The van der Waals surface area contributed by atoms with E-state index in [-0.39, 0.29) is 11.8 Å². The predicted octanol–water partition coefficient (Wildman–Crippen LogP) is 4.52. The fraction of sp³-hybridized carbons (Fsp3) is 0.130. The van der Waals surface area contributed by atoms with Gasteiger partial charge in [-0.2, -0.15) is 0 Å². The van der Waals surface area contributed by atoms with E-state index in [4.69, 9.17) is 9.47 Å². The highest BCUT2D eigenvalue weighted by Crippen LogP contribution is 2.26. The number of hydrogen-bond donors (Lipinski definition) is 2. The Morgan fingerprint density at radius 1 is 0.690 bits per heavy atom. The number of carbonyl (C=O) groups excluding carboxylic acids is 2. The minimum atomic E-state index is -0.290. The van der Waals surface area contributed by atoms with E-state index >= 15 is 0 Å². The summed E-state index contributed by atoms with van der Waals surface area (Å²) < 4.78 is 10.5. The lowest BCUT2D eigenvalue weighted by molar-refractivity contribution is 0.101. The average Bonchev–Trinajstić information content (AvgIpc) is 2.74. The fourth-order valence-corrected chi connectivity index (χ4v) is 2.83. The van der Waals surface area contributed by atoms with E-state index in [1.807, 2.05) is 31.2 Å². The molecule has 6 nitrogen and oxygen atoms in total. The van der Waals surface area contributed by atoms with Crippen LogP contribution in [0.15, 0.2) is 66.7 Å². The molecule has 148 valence electrons. The summed E-state index contributed by atoms with van der Waals surface area (Å²) in [6.45, 7) is 1.93. The third-order valence-electron chi connectivity index (χ3n) is 4.37. The van der Waals surface area contributed by atoms with Crippen LogP contribution in [0.4, 0.5) is 11.4 Å². The molecule has 0 heterocycles. The first-order valence-electron chi connectivity index (χ1n) is 9.02. The molecule has 2 N–H and O–H groups in total.